The molecule has 5 heteroatoms. The first kappa shape index (κ1) is 18.9. The van der Waals surface area contributed by atoms with Gasteiger partial charge in [-0.2, -0.15) is 0 Å². The number of hydrogen-bond acceptors (Lipinski definition) is 3. The second-order valence-corrected chi connectivity index (χ2v) is 6.09. The summed E-state index contributed by atoms with van der Waals surface area (Å²) in [6.07, 6.45) is 3.28. The molecule has 0 radical (unpaired) electrons. The van der Waals surface area contributed by atoms with Gasteiger partial charge in [-0.15, -0.1) is 12.4 Å². The van der Waals surface area contributed by atoms with Gasteiger partial charge in [-0.3, -0.25) is 4.79 Å². The summed E-state index contributed by atoms with van der Waals surface area (Å²) in [5.41, 5.74) is 1.30. The van der Waals surface area contributed by atoms with Gasteiger partial charge in [-0.05, 0) is 38.9 Å². The zero-order valence-corrected chi connectivity index (χ0v) is 14.4. The fraction of sp³-hybridized carbons (Fsp3) is 0.588. The lowest BCUT2D eigenvalue weighted by Gasteiger charge is -2.26. The summed E-state index contributed by atoms with van der Waals surface area (Å²) in [6, 6.07) is 10.6. The van der Waals surface area contributed by atoms with Crippen LogP contribution in [0, 0.1) is 0 Å². The van der Waals surface area contributed by atoms with Gasteiger partial charge in [0.05, 0.1) is 6.04 Å². The predicted octanol–water partition coefficient (Wildman–Crippen LogP) is 2.19. The Labute approximate surface area is 140 Å². The highest BCUT2D eigenvalue weighted by atomic mass is 35.5. The third-order valence-electron chi connectivity index (χ3n) is 3.90. The standard InChI is InChI=1S/C17H27N3O.ClH/c1-14(19-17(21)16-10-6-7-11-18-16)12-20(2)13-15-8-4-3-5-9-15;/h3-5,8-9,14,16,18H,6-7,10-13H2,1-2H3,(H,19,21);1H/t14?,16-;/m1./s1. The van der Waals surface area contributed by atoms with Crippen molar-refractivity contribution in [3.8, 4) is 0 Å². The highest BCUT2D eigenvalue weighted by Gasteiger charge is 2.21. The molecule has 1 aliphatic heterocycles. The van der Waals surface area contributed by atoms with Crippen molar-refractivity contribution < 1.29 is 4.79 Å². The number of carbonyl (C=O) groups is 1. The molecule has 0 bridgehead atoms. The minimum atomic E-state index is 0. The fourth-order valence-electron chi connectivity index (χ4n) is 2.89. The number of amides is 1. The number of piperidine rings is 1. The fourth-order valence-corrected chi connectivity index (χ4v) is 2.89. The van der Waals surface area contributed by atoms with Gasteiger partial charge in [-0.1, -0.05) is 36.8 Å². The molecule has 1 amide bonds. The minimum absolute atomic E-state index is 0. The van der Waals surface area contributed by atoms with E-state index in [0.29, 0.717) is 0 Å². The van der Waals surface area contributed by atoms with Gasteiger partial charge in [0.2, 0.25) is 5.91 Å². The minimum Gasteiger partial charge on any atom is -0.351 e. The molecule has 2 atom stereocenters. The Bertz CT molecular complexity index is 435. The van der Waals surface area contributed by atoms with E-state index in [0.717, 1.165) is 32.5 Å². The maximum absolute atomic E-state index is 12.2. The van der Waals surface area contributed by atoms with Crippen LogP contribution in [0.1, 0.15) is 31.7 Å². The Morgan fingerprint density at radius 2 is 2.09 bits per heavy atom. The molecule has 2 N–H and O–H groups in total. The normalized spacial score (nSPS) is 19.3. The molecule has 1 aromatic rings. The average Bonchev–Trinajstić information content (AvgIpc) is 2.48. The number of benzene rings is 1. The lowest BCUT2D eigenvalue weighted by atomic mass is 10.0. The smallest absolute Gasteiger partial charge is 0.237 e. The largest absolute Gasteiger partial charge is 0.351 e. The van der Waals surface area contributed by atoms with Gasteiger partial charge in [0.15, 0.2) is 0 Å². The van der Waals surface area contributed by atoms with Crippen molar-refractivity contribution in [2.75, 3.05) is 20.1 Å². The first-order chi connectivity index (χ1) is 10.1. The van der Waals surface area contributed by atoms with Crippen LogP contribution in [-0.4, -0.2) is 43.0 Å². The quantitative estimate of drug-likeness (QED) is 0.842. The summed E-state index contributed by atoms with van der Waals surface area (Å²) in [5.74, 6) is 0.148. The molecule has 1 saturated heterocycles. The van der Waals surface area contributed by atoms with Gasteiger partial charge in [0, 0.05) is 19.1 Å². The molecule has 1 fully saturated rings. The second-order valence-electron chi connectivity index (χ2n) is 6.09. The Kier molecular flexibility index (Phi) is 8.46. The topological polar surface area (TPSA) is 44.4 Å². The van der Waals surface area contributed by atoms with E-state index in [1.807, 2.05) is 6.07 Å². The van der Waals surface area contributed by atoms with Crippen LogP contribution in [0.3, 0.4) is 0 Å². The lowest BCUT2D eigenvalue weighted by Crippen LogP contribution is -2.50. The van der Waals surface area contributed by atoms with Crippen LogP contribution < -0.4 is 10.6 Å². The summed E-state index contributed by atoms with van der Waals surface area (Å²) >= 11 is 0. The SMILES string of the molecule is CC(CN(C)Cc1ccccc1)NC(=O)[C@H]1CCCCN1.Cl. The van der Waals surface area contributed by atoms with Gasteiger partial charge in [0.25, 0.3) is 0 Å². The van der Waals surface area contributed by atoms with Gasteiger partial charge < -0.3 is 15.5 Å². The summed E-state index contributed by atoms with van der Waals surface area (Å²) < 4.78 is 0. The van der Waals surface area contributed by atoms with Crippen molar-refractivity contribution in [2.24, 2.45) is 0 Å². The maximum atomic E-state index is 12.2. The van der Waals surface area contributed by atoms with Crippen LogP contribution in [-0.2, 0) is 11.3 Å². The number of nitrogens with zero attached hydrogens (tertiary/aromatic N) is 1. The number of carbonyl (C=O) groups excluding carboxylic acids is 1. The highest BCUT2D eigenvalue weighted by molar-refractivity contribution is 5.85. The second kappa shape index (κ2) is 9.82. The molecule has 124 valence electrons. The molecule has 0 aliphatic carbocycles. The molecule has 0 saturated carbocycles. The summed E-state index contributed by atoms with van der Waals surface area (Å²) in [4.78, 5) is 14.4. The van der Waals surface area contributed by atoms with E-state index in [-0.39, 0.29) is 30.4 Å². The molecule has 1 aliphatic rings. The highest BCUT2D eigenvalue weighted by Crippen LogP contribution is 2.07. The zero-order chi connectivity index (χ0) is 15.1. The van der Waals surface area contributed by atoms with Crippen molar-refractivity contribution in [3.05, 3.63) is 35.9 Å². The maximum Gasteiger partial charge on any atom is 0.237 e. The molecule has 1 heterocycles. The van der Waals surface area contributed by atoms with Gasteiger partial charge in [0.1, 0.15) is 0 Å². The van der Waals surface area contributed by atoms with Crippen molar-refractivity contribution in [1.29, 1.82) is 0 Å². The van der Waals surface area contributed by atoms with E-state index in [1.165, 1.54) is 12.0 Å². The molecule has 4 nitrogen and oxygen atoms in total. The summed E-state index contributed by atoms with van der Waals surface area (Å²) in [7, 11) is 2.09. The van der Waals surface area contributed by atoms with Gasteiger partial charge in [-0.25, -0.2) is 0 Å². The van der Waals surface area contributed by atoms with Crippen LogP contribution in [0.5, 0.6) is 0 Å². The van der Waals surface area contributed by atoms with Crippen LogP contribution in [0.4, 0.5) is 0 Å². The number of hydrogen-bond donors (Lipinski definition) is 2. The molecule has 0 aromatic heterocycles. The van der Waals surface area contributed by atoms with Crippen LogP contribution in [0.15, 0.2) is 30.3 Å². The third kappa shape index (κ3) is 6.34. The van der Waals surface area contributed by atoms with Crippen molar-refractivity contribution >= 4 is 18.3 Å². The van der Waals surface area contributed by atoms with Gasteiger partial charge >= 0.3 is 0 Å². The van der Waals surface area contributed by atoms with Crippen LogP contribution >= 0.6 is 12.4 Å². The van der Waals surface area contributed by atoms with E-state index in [9.17, 15) is 4.79 Å². The Morgan fingerprint density at radius 3 is 2.73 bits per heavy atom. The molecular formula is C17H28ClN3O. The third-order valence-corrected chi connectivity index (χ3v) is 3.90. The van der Waals surface area contributed by atoms with E-state index < -0.39 is 0 Å². The van der Waals surface area contributed by atoms with Crippen LogP contribution in [0.2, 0.25) is 0 Å². The number of halogens is 1. The molecule has 2 rings (SSSR count). The Hall–Kier alpha value is -1.10. The van der Waals surface area contributed by atoms with E-state index in [1.54, 1.807) is 0 Å². The van der Waals surface area contributed by atoms with E-state index >= 15 is 0 Å². The molecule has 22 heavy (non-hydrogen) atoms. The Balaban J connectivity index is 0.00000242. The summed E-state index contributed by atoms with van der Waals surface area (Å²) in [5, 5.41) is 6.41. The summed E-state index contributed by atoms with van der Waals surface area (Å²) in [6.45, 7) is 4.79. The number of likely N-dealkylation sites (N-methyl/N-ethyl adjacent to an activating group) is 1. The molecule has 1 aromatic carbocycles. The molecule has 0 spiro atoms. The predicted molar refractivity (Wildman–Crippen MR) is 93.3 cm³/mol. The van der Waals surface area contributed by atoms with Crippen molar-refractivity contribution in [1.82, 2.24) is 15.5 Å². The number of nitrogens with one attached hydrogen (secondary N) is 2. The monoisotopic (exact) mass is 325 g/mol. The molecular weight excluding hydrogens is 298 g/mol. The lowest BCUT2D eigenvalue weighted by molar-refractivity contribution is -0.124. The van der Waals surface area contributed by atoms with Crippen LogP contribution in [0.25, 0.3) is 0 Å². The van der Waals surface area contributed by atoms with E-state index in [2.05, 4.69) is 53.8 Å². The van der Waals surface area contributed by atoms with Crippen molar-refractivity contribution in [3.63, 3.8) is 0 Å². The first-order valence-electron chi connectivity index (χ1n) is 7.91. The first-order valence-corrected chi connectivity index (χ1v) is 7.91. The average molecular weight is 326 g/mol. The van der Waals surface area contributed by atoms with E-state index in [4.69, 9.17) is 0 Å². The van der Waals surface area contributed by atoms with Crippen molar-refractivity contribution in [2.45, 2.75) is 44.8 Å². The zero-order valence-electron chi connectivity index (χ0n) is 13.5. The number of rotatable bonds is 6. The molecule has 1 unspecified atom stereocenters. The Morgan fingerprint density at radius 1 is 1.36 bits per heavy atom.